The summed E-state index contributed by atoms with van der Waals surface area (Å²) in [6.45, 7) is 6.25. The van der Waals surface area contributed by atoms with E-state index in [-0.39, 0.29) is 25.0 Å². The van der Waals surface area contributed by atoms with Gasteiger partial charge in [0.2, 0.25) is 11.8 Å². The molecule has 2 atom stereocenters. The maximum absolute atomic E-state index is 13.2. The van der Waals surface area contributed by atoms with E-state index in [1.54, 1.807) is 6.08 Å². The van der Waals surface area contributed by atoms with E-state index >= 15 is 0 Å². The SMILES string of the molecule is C=CCC(CC(=O)NCc1ccc(C)cc1)C(=O)N1C(=O)OC[C@H]1Cc1ccccc1. The van der Waals surface area contributed by atoms with Gasteiger partial charge in [0.15, 0.2) is 0 Å². The van der Waals surface area contributed by atoms with Crippen molar-refractivity contribution in [2.24, 2.45) is 5.92 Å². The summed E-state index contributed by atoms with van der Waals surface area (Å²) in [5, 5.41) is 2.85. The second-order valence-corrected chi connectivity index (χ2v) is 7.82. The molecule has 3 rings (SSSR count). The monoisotopic (exact) mass is 420 g/mol. The smallest absolute Gasteiger partial charge is 0.416 e. The Kier molecular flexibility index (Phi) is 7.60. The van der Waals surface area contributed by atoms with Crippen molar-refractivity contribution in [3.05, 3.63) is 83.9 Å². The first-order valence-corrected chi connectivity index (χ1v) is 10.4. The van der Waals surface area contributed by atoms with Gasteiger partial charge in [-0.3, -0.25) is 9.59 Å². The molecule has 2 aromatic carbocycles. The van der Waals surface area contributed by atoms with Crippen molar-refractivity contribution >= 4 is 17.9 Å². The molecule has 0 bridgehead atoms. The number of nitrogens with one attached hydrogen (secondary N) is 1. The minimum absolute atomic E-state index is 0.0153. The van der Waals surface area contributed by atoms with Gasteiger partial charge in [0, 0.05) is 13.0 Å². The molecule has 31 heavy (non-hydrogen) atoms. The maximum atomic E-state index is 13.2. The second kappa shape index (κ2) is 10.6. The van der Waals surface area contributed by atoms with E-state index in [4.69, 9.17) is 4.74 Å². The van der Waals surface area contributed by atoms with Gasteiger partial charge in [-0.2, -0.15) is 0 Å². The van der Waals surface area contributed by atoms with Crippen molar-refractivity contribution in [3.8, 4) is 0 Å². The molecule has 1 aliphatic rings. The third-order valence-electron chi connectivity index (χ3n) is 5.36. The molecule has 3 amide bonds. The summed E-state index contributed by atoms with van der Waals surface area (Å²) >= 11 is 0. The standard InChI is InChI=1S/C25H28N2O4/c1-3-7-21(15-23(28)26-16-20-12-10-18(2)11-13-20)24(29)27-22(17-31-25(27)30)14-19-8-5-4-6-9-19/h3-6,8-13,21-22H,1,7,14-17H2,2H3,(H,26,28)/t21?,22-/m1/s1. The summed E-state index contributed by atoms with van der Waals surface area (Å²) < 4.78 is 5.16. The number of carbonyl (C=O) groups is 3. The van der Waals surface area contributed by atoms with Crippen LogP contribution in [0.5, 0.6) is 0 Å². The van der Waals surface area contributed by atoms with Crippen LogP contribution in [-0.2, 0) is 27.3 Å². The van der Waals surface area contributed by atoms with E-state index < -0.39 is 17.9 Å². The first kappa shape index (κ1) is 22.3. The van der Waals surface area contributed by atoms with Crippen LogP contribution in [0.15, 0.2) is 67.3 Å². The molecule has 6 heteroatoms. The molecule has 1 aliphatic heterocycles. The lowest BCUT2D eigenvalue weighted by Gasteiger charge is -2.24. The predicted molar refractivity (Wildman–Crippen MR) is 118 cm³/mol. The number of carbonyl (C=O) groups excluding carboxylic acids is 3. The zero-order valence-corrected chi connectivity index (χ0v) is 17.8. The molecule has 2 aromatic rings. The highest BCUT2D eigenvalue weighted by Crippen LogP contribution is 2.23. The number of imide groups is 1. The van der Waals surface area contributed by atoms with Gasteiger partial charge < -0.3 is 10.1 Å². The molecule has 1 heterocycles. The highest BCUT2D eigenvalue weighted by atomic mass is 16.6. The Labute approximate surface area is 182 Å². The van der Waals surface area contributed by atoms with E-state index in [0.717, 1.165) is 16.7 Å². The predicted octanol–water partition coefficient (Wildman–Crippen LogP) is 3.78. The van der Waals surface area contributed by atoms with E-state index in [2.05, 4.69) is 11.9 Å². The molecule has 162 valence electrons. The molecule has 0 spiro atoms. The summed E-state index contributed by atoms with van der Waals surface area (Å²) in [7, 11) is 0. The Morgan fingerprint density at radius 1 is 1.16 bits per heavy atom. The van der Waals surface area contributed by atoms with Crippen molar-refractivity contribution in [3.63, 3.8) is 0 Å². The van der Waals surface area contributed by atoms with Gasteiger partial charge in [0.1, 0.15) is 6.61 Å². The number of cyclic esters (lactones) is 1. The van der Waals surface area contributed by atoms with Gasteiger partial charge in [-0.1, -0.05) is 66.2 Å². The molecule has 0 aliphatic carbocycles. The van der Waals surface area contributed by atoms with E-state index in [1.807, 2.05) is 61.5 Å². The molecule has 1 fully saturated rings. The Bertz CT molecular complexity index is 924. The van der Waals surface area contributed by atoms with Gasteiger partial charge in [-0.05, 0) is 30.9 Å². The van der Waals surface area contributed by atoms with Crippen LogP contribution in [0.1, 0.15) is 29.5 Å². The maximum Gasteiger partial charge on any atom is 0.416 e. The second-order valence-electron chi connectivity index (χ2n) is 7.82. The van der Waals surface area contributed by atoms with Gasteiger partial charge >= 0.3 is 6.09 Å². The number of nitrogens with zero attached hydrogens (tertiary/aromatic N) is 1. The summed E-state index contributed by atoms with van der Waals surface area (Å²) in [6.07, 6.45) is 1.75. The third-order valence-corrected chi connectivity index (χ3v) is 5.36. The number of aryl methyl sites for hydroxylation is 1. The fraction of sp³-hybridized carbons (Fsp3) is 0.320. The van der Waals surface area contributed by atoms with E-state index in [1.165, 1.54) is 4.90 Å². The fourth-order valence-electron chi connectivity index (χ4n) is 3.64. The molecular weight excluding hydrogens is 392 g/mol. The van der Waals surface area contributed by atoms with Crippen LogP contribution < -0.4 is 5.32 Å². The Morgan fingerprint density at radius 2 is 1.87 bits per heavy atom. The number of rotatable bonds is 9. The van der Waals surface area contributed by atoms with Crippen LogP contribution in [0.3, 0.4) is 0 Å². The Morgan fingerprint density at radius 3 is 2.55 bits per heavy atom. The van der Waals surface area contributed by atoms with Crippen LogP contribution in [0.4, 0.5) is 4.79 Å². The van der Waals surface area contributed by atoms with Crippen LogP contribution in [0, 0.1) is 12.8 Å². The van der Waals surface area contributed by atoms with Gasteiger partial charge in [-0.15, -0.1) is 6.58 Å². The van der Waals surface area contributed by atoms with Gasteiger partial charge in [0.05, 0.1) is 12.0 Å². The van der Waals surface area contributed by atoms with E-state index in [9.17, 15) is 14.4 Å². The molecule has 6 nitrogen and oxygen atoms in total. The first-order chi connectivity index (χ1) is 15.0. The molecule has 0 aromatic heterocycles. The largest absolute Gasteiger partial charge is 0.447 e. The molecule has 1 saturated heterocycles. The van der Waals surface area contributed by atoms with Crippen molar-refractivity contribution in [2.75, 3.05) is 6.61 Å². The van der Waals surface area contributed by atoms with Crippen molar-refractivity contribution in [1.82, 2.24) is 10.2 Å². The van der Waals surface area contributed by atoms with Gasteiger partial charge in [0.25, 0.3) is 0 Å². The highest BCUT2D eigenvalue weighted by molar-refractivity contribution is 5.96. The average Bonchev–Trinajstić information content (AvgIpc) is 3.13. The Balaban J connectivity index is 1.63. The zero-order valence-electron chi connectivity index (χ0n) is 17.8. The van der Waals surface area contributed by atoms with Crippen LogP contribution >= 0.6 is 0 Å². The number of allylic oxidation sites excluding steroid dienone is 1. The molecule has 0 saturated carbocycles. The topological polar surface area (TPSA) is 75.7 Å². The summed E-state index contributed by atoms with van der Waals surface area (Å²) in [5.41, 5.74) is 3.14. The number of hydrogen-bond acceptors (Lipinski definition) is 4. The number of benzene rings is 2. The highest BCUT2D eigenvalue weighted by Gasteiger charge is 2.40. The molecule has 0 radical (unpaired) electrons. The summed E-state index contributed by atoms with van der Waals surface area (Å²) in [6, 6.07) is 17.1. The van der Waals surface area contributed by atoms with Crippen molar-refractivity contribution in [1.29, 1.82) is 0 Å². The minimum Gasteiger partial charge on any atom is -0.447 e. The number of ether oxygens (including phenoxy) is 1. The summed E-state index contributed by atoms with van der Waals surface area (Å²) in [5.74, 6) is -1.30. The quantitative estimate of drug-likeness (QED) is 0.627. The third kappa shape index (κ3) is 6.04. The average molecular weight is 421 g/mol. The van der Waals surface area contributed by atoms with Crippen LogP contribution in [0.2, 0.25) is 0 Å². The molecular formula is C25H28N2O4. The lowest BCUT2D eigenvalue weighted by atomic mass is 9.97. The molecule has 1 N–H and O–H groups in total. The normalized spacial score (nSPS) is 16.5. The fourth-order valence-corrected chi connectivity index (χ4v) is 3.64. The Hall–Kier alpha value is -3.41. The number of hydrogen-bond donors (Lipinski definition) is 1. The van der Waals surface area contributed by atoms with Crippen molar-refractivity contribution < 1.29 is 19.1 Å². The van der Waals surface area contributed by atoms with Gasteiger partial charge in [-0.25, -0.2) is 9.69 Å². The number of amides is 3. The van der Waals surface area contributed by atoms with Crippen LogP contribution in [-0.4, -0.2) is 35.5 Å². The van der Waals surface area contributed by atoms with Crippen LogP contribution in [0.25, 0.3) is 0 Å². The summed E-state index contributed by atoms with van der Waals surface area (Å²) in [4.78, 5) is 39.2. The lowest BCUT2D eigenvalue weighted by molar-refractivity contribution is -0.136. The lowest BCUT2D eigenvalue weighted by Crippen LogP contribution is -2.44. The van der Waals surface area contributed by atoms with Crippen molar-refractivity contribution in [2.45, 2.75) is 38.8 Å². The zero-order chi connectivity index (χ0) is 22.2. The minimum atomic E-state index is -0.667. The molecule has 1 unspecified atom stereocenters. The van der Waals surface area contributed by atoms with E-state index in [0.29, 0.717) is 19.4 Å². The first-order valence-electron chi connectivity index (χ1n) is 10.4.